The van der Waals surface area contributed by atoms with Gasteiger partial charge in [0.2, 0.25) is 5.91 Å². The number of benzene rings is 1. The first-order valence-electron chi connectivity index (χ1n) is 9.33. The fourth-order valence-electron chi connectivity index (χ4n) is 3.52. The average Bonchev–Trinajstić information content (AvgIpc) is 3.15. The van der Waals surface area contributed by atoms with Crippen molar-refractivity contribution < 1.29 is 14.3 Å². The first-order valence-corrected chi connectivity index (χ1v) is 9.33. The maximum absolute atomic E-state index is 12.7. The molecule has 2 amide bonds. The number of carbonyl (C=O) groups excluding carboxylic acids is 2. The number of carbonyl (C=O) groups is 2. The summed E-state index contributed by atoms with van der Waals surface area (Å²) in [7, 11) is 0. The molecule has 2 aliphatic heterocycles. The number of ether oxygens (including phenoxy) is 1. The van der Waals surface area contributed by atoms with Gasteiger partial charge < -0.3 is 14.5 Å². The van der Waals surface area contributed by atoms with Crippen molar-refractivity contribution in [3.8, 4) is 0 Å². The van der Waals surface area contributed by atoms with Crippen molar-refractivity contribution in [2.45, 2.75) is 25.9 Å². The van der Waals surface area contributed by atoms with Crippen molar-refractivity contribution in [3.05, 3.63) is 47.3 Å². The van der Waals surface area contributed by atoms with E-state index in [1.54, 1.807) is 0 Å². The summed E-state index contributed by atoms with van der Waals surface area (Å²) in [5, 5.41) is 8.46. The summed E-state index contributed by atoms with van der Waals surface area (Å²) in [5.74, 6) is 0.131. The Bertz CT molecular complexity index is 814. The first kappa shape index (κ1) is 17.7. The highest BCUT2D eigenvalue weighted by molar-refractivity contribution is 5.94. The van der Waals surface area contributed by atoms with Gasteiger partial charge in [0.25, 0.3) is 5.91 Å². The van der Waals surface area contributed by atoms with Crippen LogP contribution >= 0.6 is 0 Å². The molecule has 0 unspecified atom stereocenters. The van der Waals surface area contributed by atoms with Gasteiger partial charge in [-0.2, -0.15) is 0 Å². The molecule has 3 heterocycles. The quantitative estimate of drug-likeness (QED) is 0.794. The lowest BCUT2D eigenvalue weighted by Crippen LogP contribution is -2.41. The molecule has 0 atom stereocenters. The lowest BCUT2D eigenvalue weighted by molar-refractivity contribution is -0.135. The van der Waals surface area contributed by atoms with Gasteiger partial charge in [-0.3, -0.25) is 9.59 Å². The van der Waals surface area contributed by atoms with Crippen molar-refractivity contribution in [2.24, 2.45) is 0 Å². The number of nitrogens with zero attached hydrogens (tertiary/aromatic N) is 5. The van der Waals surface area contributed by atoms with Gasteiger partial charge in [-0.1, -0.05) is 23.4 Å². The van der Waals surface area contributed by atoms with Gasteiger partial charge in [0.1, 0.15) is 0 Å². The minimum Gasteiger partial charge on any atom is -0.378 e. The minimum atomic E-state index is 0.0124. The summed E-state index contributed by atoms with van der Waals surface area (Å²) in [6, 6.07) is 9.29. The van der Waals surface area contributed by atoms with E-state index in [1.165, 1.54) is 0 Å². The Labute approximate surface area is 157 Å². The Balaban J connectivity index is 1.41. The van der Waals surface area contributed by atoms with Crippen molar-refractivity contribution >= 4 is 11.8 Å². The largest absolute Gasteiger partial charge is 0.378 e. The zero-order valence-corrected chi connectivity index (χ0v) is 15.2. The number of fused-ring (bicyclic) bond motifs is 1. The number of rotatable bonds is 4. The first-order chi connectivity index (χ1) is 13.2. The van der Waals surface area contributed by atoms with Crippen molar-refractivity contribution in [2.75, 3.05) is 32.8 Å². The predicted octanol–water partition coefficient (Wildman–Crippen LogP) is 0.725. The molecule has 1 aromatic carbocycles. The van der Waals surface area contributed by atoms with E-state index in [1.807, 2.05) is 44.8 Å². The summed E-state index contributed by atoms with van der Waals surface area (Å²) < 4.78 is 7.14. The molecule has 0 aliphatic carbocycles. The summed E-state index contributed by atoms with van der Waals surface area (Å²) in [4.78, 5) is 28.7. The Morgan fingerprint density at radius 2 is 1.78 bits per heavy atom. The van der Waals surface area contributed by atoms with Gasteiger partial charge >= 0.3 is 0 Å². The van der Waals surface area contributed by atoms with Crippen LogP contribution in [0, 0.1) is 0 Å². The number of morpholine rings is 1. The van der Waals surface area contributed by atoms with Crippen molar-refractivity contribution in [1.29, 1.82) is 0 Å². The Morgan fingerprint density at radius 3 is 2.56 bits per heavy atom. The number of aromatic nitrogens is 3. The van der Waals surface area contributed by atoms with Crippen LogP contribution in [0.2, 0.25) is 0 Å². The molecule has 8 nitrogen and oxygen atoms in total. The molecule has 27 heavy (non-hydrogen) atoms. The van der Waals surface area contributed by atoms with Crippen LogP contribution in [0.5, 0.6) is 0 Å². The van der Waals surface area contributed by atoms with E-state index >= 15 is 0 Å². The SMILES string of the molecule is O=C(CCc1nnn2c1CN(C(=O)c1ccccc1)CC2)N1CCOCC1. The third-order valence-electron chi connectivity index (χ3n) is 5.09. The molecule has 0 radical (unpaired) electrons. The summed E-state index contributed by atoms with van der Waals surface area (Å²) in [6.45, 7) is 4.21. The molecule has 2 aliphatic rings. The zero-order valence-electron chi connectivity index (χ0n) is 15.2. The molecule has 2 aromatic rings. The fourth-order valence-corrected chi connectivity index (χ4v) is 3.52. The maximum atomic E-state index is 12.7. The lowest BCUT2D eigenvalue weighted by atomic mass is 10.1. The average molecular weight is 369 g/mol. The second kappa shape index (κ2) is 7.87. The second-order valence-electron chi connectivity index (χ2n) is 6.79. The van der Waals surface area contributed by atoms with E-state index < -0.39 is 0 Å². The van der Waals surface area contributed by atoms with Crippen LogP contribution in [-0.2, 0) is 29.0 Å². The standard InChI is InChI=1S/C19H23N5O3/c25-18(22-10-12-27-13-11-22)7-6-16-17-14-23(8-9-24(17)21-20-16)19(26)15-4-2-1-3-5-15/h1-5H,6-14H2. The summed E-state index contributed by atoms with van der Waals surface area (Å²) in [5.41, 5.74) is 2.42. The molecular formula is C19H23N5O3. The zero-order chi connectivity index (χ0) is 18.6. The second-order valence-corrected chi connectivity index (χ2v) is 6.79. The normalized spacial score (nSPS) is 16.9. The predicted molar refractivity (Wildman–Crippen MR) is 96.9 cm³/mol. The Kier molecular flexibility index (Phi) is 5.15. The monoisotopic (exact) mass is 369 g/mol. The third-order valence-corrected chi connectivity index (χ3v) is 5.09. The maximum Gasteiger partial charge on any atom is 0.254 e. The molecule has 142 valence electrons. The van der Waals surface area contributed by atoms with E-state index in [2.05, 4.69) is 10.3 Å². The summed E-state index contributed by atoms with van der Waals surface area (Å²) >= 11 is 0. The minimum absolute atomic E-state index is 0.0124. The van der Waals surface area contributed by atoms with Crippen LogP contribution in [0.1, 0.15) is 28.2 Å². The highest BCUT2D eigenvalue weighted by Crippen LogP contribution is 2.18. The van der Waals surface area contributed by atoms with E-state index in [0.717, 1.165) is 11.4 Å². The molecule has 0 N–H and O–H groups in total. The molecule has 0 spiro atoms. The van der Waals surface area contributed by atoms with Crippen LogP contribution in [0.15, 0.2) is 30.3 Å². The summed E-state index contributed by atoms with van der Waals surface area (Å²) in [6.07, 6.45) is 0.942. The number of hydrogen-bond acceptors (Lipinski definition) is 5. The van der Waals surface area contributed by atoms with E-state index in [9.17, 15) is 9.59 Å². The number of aryl methyl sites for hydroxylation is 1. The molecule has 4 rings (SSSR count). The van der Waals surface area contributed by atoms with Gasteiger partial charge in [-0.25, -0.2) is 4.68 Å². The van der Waals surface area contributed by atoms with E-state index in [0.29, 0.717) is 64.3 Å². The highest BCUT2D eigenvalue weighted by Gasteiger charge is 2.26. The van der Waals surface area contributed by atoms with Crippen LogP contribution in [-0.4, -0.2) is 69.5 Å². The topological polar surface area (TPSA) is 80.6 Å². The molecule has 8 heteroatoms. The smallest absolute Gasteiger partial charge is 0.254 e. The van der Waals surface area contributed by atoms with Crippen molar-refractivity contribution in [1.82, 2.24) is 24.8 Å². The molecule has 1 fully saturated rings. The third kappa shape index (κ3) is 3.85. The fraction of sp³-hybridized carbons (Fsp3) is 0.474. The van der Waals surface area contributed by atoms with Crippen LogP contribution in [0.25, 0.3) is 0 Å². The van der Waals surface area contributed by atoms with Crippen LogP contribution < -0.4 is 0 Å². The van der Waals surface area contributed by atoms with Crippen LogP contribution in [0.3, 0.4) is 0 Å². The van der Waals surface area contributed by atoms with Gasteiger partial charge in [0.05, 0.1) is 37.7 Å². The number of hydrogen-bond donors (Lipinski definition) is 0. The van der Waals surface area contributed by atoms with E-state index in [-0.39, 0.29) is 11.8 Å². The molecule has 1 saturated heterocycles. The highest BCUT2D eigenvalue weighted by atomic mass is 16.5. The Hall–Kier alpha value is -2.74. The van der Waals surface area contributed by atoms with Gasteiger partial charge in [0, 0.05) is 38.0 Å². The van der Waals surface area contributed by atoms with E-state index in [4.69, 9.17) is 4.74 Å². The van der Waals surface area contributed by atoms with Gasteiger partial charge in [-0.05, 0) is 12.1 Å². The molecule has 0 saturated carbocycles. The number of amides is 2. The van der Waals surface area contributed by atoms with Crippen LogP contribution in [0.4, 0.5) is 0 Å². The van der Waals surface area contributed by atoms with Gasteiger partial charge in [-0.15, -0.1) is 5.10 Å². The molecule has 0 bridgehead atoms. The lowest BCUT2D eigenvalue weighted by Gasteiger charge is -2.28. The molecule has 1 aromatic heterocycles. The molecular weight excluding hydrogens is 346 g/mol. The Morgan fingerprint density at radius 1 is 1.00 bits per heavy atom. The van der Waals surface area contributed by atoms with Crippen molar-refractivity contribution in [3.63, 3.8) is 0 Å². The van der Waals surface area contributed by atoms with Gasteiger partial charge in [0.15, 0.2) is 0 Å².